The third-order valence-corrected chi connectivity index (χ3v) is 4.65. The Kier molecular flexibility index (Phi) is 5.01. The summed E-state index contributed by atoms with van der Waals surface area (Å²) in [5.74, 6) is 2.84. The van der Waals surface area contributed by atoms with Gasteiger partial charge in [-0.1, -0.05) is 5.16 Å². The predicted molar refractivity (Wildman–Crippen MR) is 98.9 cm³/mol. The summed E-state index contributed by atoms with van der Waals surface area (Å²) in [7, 11) is 1.58. The number of hydrogen-bond donors (Lipinski definition) is 0. The minimum atomic E-state index is -0.131. The van der Waals surface area contributed by atoms with Gasteiger partial charge in [-0.3, -0.25) is 4.79 Å². The van der Waals surface area contributed by atoms with Crippen molar-refractivity contribution in [3.05, 3.63) is 48.2 Å². The van der Waals surface area contributed by atoms with Gasteiger partial charge in [0.1, 0.15) is 5.76 Å². The summed E-state index contributed by atoms with van der Waals surface area (Å²) >= 11 is 0. The summed E-state index contributed by atoms with van der Waals surface area (Å²) in [5.41, 5.74) is 0.757. The van der Waals surface area contributed by atoms with Crippen LogP contribution in [-0.2, 0) is 11.3 Å². The number of likely N-dealkylation sites (tertiary alicyclic amines) is 1. The summed E-state index contributed by atoms with van der Waals surface area (Å²) in [6.45, 7) is 3.43. The van der Waals surface area contributed by atoms with Crippen molar-refractivity contribution in [2.24, 2.45) is 0 Å². The van der Waals surface area contributed by atoms with Crippen LogP contribution in [0.5, 0.6) is 11.5 Å². The lowest BCUT2D eigenvalue weighted by Crippen LogP contribution is -2.24. The van der Waals surface area contributed by atoms with Crippen LogP contribution in [0, 0.1) is 0 Å². The minimum absolute atomic E-state index is 0.0453. The molecule has 1 saturated heterocycles. The number of rotatable bonds is 7. The van der Waals surface area contributed by atoms with Gasteiger partial charge in [0.15, 0.2) is 11.5 Å². The summed E-state index contributed by atoms with van der Waals surface area (Å²) in [6.07, 6.45) is 1.94. The van der Waals surface area contributed by atoms with Crippen molar-refractivity contribution in [2.45, 2.75) is 25.8 Å². The maximum atomic E-state index is 12.3. The number of furan rings is 1. The Labute approximate surface area is 162 Å². The van der Waals surface area contributed by atoms with E-state index in [4.69, 9.17) is 18.4 Å². The van der Waals surface area contributed by atoms with E-state index in [1.165, 1.54) is 0 Å². The fourth-order valence-electron chi connectivity index (χ4n) is 3.28. The average molecular weight is 383 g/mol. The first kappa shape index (κ1) is 18.1. The Morgan fingerprint density at radius 3 is 2.93 bits per heavy atom. The molecule has 3 heterocycles. The van der Waals surface area contributed by atoms with Gasteiger partial charge >= 0.3 is 0 Å². The minimum Gasteiger partial charge on any atom is -0.493 e. The van der Waals surface area contributed by atoms with Crippen molar-refractivity contribution in [1.82, 2.24) is 15.0 Å². The van der Waals surface area contributed by atoms with Crippen molar-refractivity contribution in [3.8, 4) is 22.9 Å². The van der Waals surface area contributed by atoms with Crippen molar-refractivity contribution < 1.29 is 23.2 Å². The van der Waals surface area contributed by atoms with E-state index in [0.29, 0.717) is 49.3 Å². The summed E-state index contributed by atoms with van der Waals surface area (Å²) in [5, 5.41) is 4.08. The van der Waals surface area contributed by atoms with Crippen LogP contribution in [0.15, 0.2) is 45.5 Å². The number of carbonyl (C=O) groups is 1. The number of hydrogen-bond acceptors (Lipinski definition) is 7. The molecule has 1 aliphatic rings. The highest BCUT2D eigenvalue weighted by atomic mass is 16.5. The zero-order valence-corrected chi connectivity index (χ0v) is 15.8. The van der Waals surface area contributed by atoms with E-state index >= 15 is 0 Å². The van der Waals surface area contributed by atoms with E-state index in [1.54, 1.807) is 18.3 Å². The number of carbonyl (C=O) groups excluding carboxylic acids is 1. The summed E-state index contributed by atoms with van der Waals surface area (Å²) < 4.78 is 21.7. The second-order valence-electron chi connectivity index (χ2n) is 6.51. The molecule has 0 aliphatic carbocycles. The van der Waals surface area contributed by atoms with Crippen molar-refractivity contribution in [3.63, 3.8) is 0 Å². The molecule has 1 amide bonds. The van der Waals surface area contributed by atoms with Gasteiger partial charge in [-0.05, 0) is 37.3 Å². The largest absolute Gasteiger partial charge is 0.493 e. The zero-order chi connectivity index (χ0) is 19.5. The highest BCUT2D eigenvalue weighted by Crippen LogP contribution is 2.33. The highest BCUT2D eigenvalue weighted by Gasteiger charge is 2.34. The molecule has 1 fully saturated rings. The number of methoxy groups -OCH3 is 1. The number of amides is 1. The molecule has 0 spiro atoms. The molecule has 1 aromatic carbocycles. The molecule has 0 saturated carbocycles. The molecule has 1 unspecified atom stereocenters. The maximum absolute atomic E-state index is 12.3. The fraction of sp³-hybridized carbons (Fsp3) is 0.350. The standard InChI is InChI=1S/C20H21N3O5/c1-3-26-16-7-6-13(9-17(16)25-2)19-21-20(28-22-19)14-10-18(24)23(11-14)12-15-5-4-8-27-15/h4-9,14H,3,10-12H2,1-2H3. The van der Waals surface area contributed by atoms with Gasteiger partial charge in [0.05, 0.1) is 32.4 Å². The van der Waals surface area contributed by atoms with Gasteiger partial charge in [-0.25, -0.2) is 0 Å². The van der Waals surface area contributed by atoms with Crippen LogP contribution in [0.2, 0.25) is 0 Å². The van der Waals surface area contributed by atoms with Crippen molar-refractivity contribution >= 4 is 5.91 Å². The van der Waals surface area contributed by atoms with E-state index in [9.17, 15) is 4.79 Å². The fourth-order valence-corrected chi connectivity index (χ4v) is 3.28. The van der Waals surface area contributed by atoms with Gasteiger partial charge in [0.25, 0.3) is 0 Å². The molecule has 0 bridgehead atoms. The number of aromatic nitrogens is 2. The van der Waals surface area contributed by atoms with Crippen molar-refractivity contribution in [1.29, 1.82) is 0 Å². The van der Waals surface area contributed by atoms with Crippen molar-refractivity contribution in [2.75, 3.05) is 20.3 Å². The first-order valence-electron chi connectivity index (χ1n) is 9.13. The molecule has 0 N–H and O–H groups in total. The van der Waals surface area contributed by atoms with Crippen LogP contribution in [0.1, 0.15) is 30.9 Å². The third-order valence-electron chi connectivity index (χ3n) is 4.65. The van der Waals surface area contributed by atoms with Gasteiger partial charge < -0.3 is 23.3 Å². The van der Waals surface area contributed by atoms with E-state index in [-0.39, 0.29) is 11.8 Å². The van der Waals surface area contributed by atoms with E-state index in [0.717, 1.165) is 11.3 Å². The van der Waals surface area contributed by atoms with Crippen LogP contribution >= 0.6 is 0 Å². The normalized spacial score (nSPS) is 16.6. The van der Waals surface area contributed by atoms with Gasteiger partial charge in [0.2, 0.25) is 17.6 Å². The molecule has 4 rings (SSSR count). The van der Waals surface area contributed by atoms with Crippen LogP contribution in [0.3, 0.4) is 0 Å². The lowest BCUT2D eigenvalue weighted by atomic mass is 10.1. The molecule has 146 valence electrons. The Balaban J connectivity index is 1.49. The highest BCUT2D eigenvalue weighted by molar-refractivity contribution is 5.79. The summed E-state index contributed by atoms with van der Waals surface area (Å²) in [4.78, 5) is 18.6. The molecule has 28 heavy (non-hydrogen) atoms. The Bertz CT molecular complexity index is 951. The zero-order valence-electron chi connectivity index (χ0n) is 15.8. The van der Waals surface area contributed by atoms with Crippen LogP contribution in [0.4, 0.5) is 0 Å². The maximum Gasteiger partial charge on any atom is 0.232 e. The first-order valence-corrected chi connectivity index (χ1v) is 9.13. The van der Waals surface area contributed by atoms with E-state index in [2.05, 4.69) is 10.1 Å². The molecule has 8 nitrogen and oxygen atoms in total. The van der Waals surface area contributed by atoms with Crippen LogP contribution in [0.25, 0.3) is 11.4 Å². The first-order chi connectivity index (χ1) is 13.7. The van der Waals surface area contributed by atoms with Crippen LogP contribution in [-0.4, -0.2) is 41.2 Å². The van der Waals surface area contributed by atoms with Gasteiger partial charge in [-0.2, -0.15) is 4.98 Å². The molecular formula is C20H21N3O5. The molecule has 2 aromatic heterocycles. The molecule has 8 heteroatoms. The smallest absolute Gasteiger partial charge is 0.232 e. The van der Waals surface area contributed by atoms with E-state index in [1.807, 2.05) is 37.3 Å². The Morgan fingerprint density at radius 1 is 1.29 bits per heavy atom. The Morgan fingerprint density at radius 2 is 2.18 bits per heavy atom. The molecule has 3 aromatic rings. The quantitative estimate of drug-likeness (QED) is 0.618. The molecular weight excluding hydrogens is 362 g/mol. The lowest BCUT2D eigenvalue weighted by Gasteiger charge is -2.13. The summed E-state index contributed by atoms with van der Waals surface area (Å²) in [6, 6.07) is 9.14. The number of nitrogens with zero attached hydrogens (tertiary/aromatic N) is 3. The Hall–Kier alpha value is -3.29. The van der Waals surface area contributed by atoms with Gasteiger partial charge in [-0.15, -0.1) is 0 Å². The third kappa shape index (κ3) is 3.58. The average Bonchev–Trinajstić information content (AvgIpc) is 3.45. The monoisotopic (exact) mass is 383 g/mol. The predicted octanol–water partition coefficient (Wildman–Crippen LogP) is 3.25. The second-order valence-corrected chi connectivity index (χ2v) is 6.51. The SMILES string of the molecule is CCOc1ccc(-c2noc(C3CC(=O)N(Cc4ccco4)C3)n2)cc1OC. The molecule has 1 atom stereocenters. The van der Waals surface area contributed by atoms with E-state index < -0.39 is 0 Å². The van der Waals surface area contributed by atoms with Gasteiger partial charge in [0, 0.05) is 18.5 Å². The number of ether oxygens (including phenoxy) is 2. The second kappa shape index (κ2) is 7.75. The number of benzene rings is 1. The lowest BCUT2D eigenvalue weighted by molar-refractivity contribution is -0.128. The topological polar surface area (TPSA) is 90.8 Å². The molecule has 1 aliphatic heterocycles. The van der Waals surface area contributed by atoms with Crippen LogP contribution < -0.4 is 9.47 Å². The molecule has 0 radical (unpaired) electrons.